The standard InChI is InChI=1S/C22H21ClN2O3S/c23-22-9-13-5-14(10-22)8-21(7-13,12-22)19(27)28-11-15-6-18(26)25-16-3-1-2-4-17(16)29-20(25)24-15/h1-4,6,13-14H,5,7-12H2/t13-,14-,21?,22?/m1/s1. The third-order valence-electron chi connectivity index (χ3n) is 7.02. The predicted molar refractivity (Wildman–Crippen MR) is 112 cm³/mol. The number of hydrogen-bond acceptors (Lipinski definition) is 5. The Morgan fingerprint density at radius 2 is 2.00 bits per heavy atom. The normalized spacial score (nSPS) is 32.9. The van der Waals surface area contributed by atoms with Crippen molar-refractivity contribution >= 4 is 44.1 Å². The molecule has 4 fully saturated rings. The molecule has 0 saturated heterocycles. The van der Waals surface area contributed by atoms with Gasteiger partial charge in [-0.25, -0.2) is 4.98 Å². The summed E-state index contributed by atoms with van der Waals surface area (Å²) in [5.74, 6) is 0.924. The fourth-order valence-electron chi connectivity index (χ4n) is 6.38. The second kappa shape index (κ2) is 6.05. The van der Waals surface area contributed by atoms with Crippen LogP contribution < -0.4 is 5.56 Å². The smallest absolute Gasteiger partial charge is 0.312 e. The van der Waals surface area contributed by atoms with Crippen molar-refractivity contribution in [3.05, 3.63) is 46.4 Å². The van der Waals surface area contributed by atoms with E-state index in [2.05, 4.69) is 4.98 Å². The van der Waals surface area contributed by atoms with Crippen molar-refractivity contribution in [2.24, 2.45) is 17.3 Å². The van der Waals surface area contributed by atoms with Crippen LogP contribution in [0.4, 0.5) is 0 Å². The highest BCUT2D eigenvalue weighted by Crippen LogP contribution is 2.64. The Labute approximate surface area is 176 Å². The Kier molecular flexibility index (Phi) is 3.73. The van der Waals surface area contributed by atoms with Gasteiger partial charge in [0, 0.05) is 10.9 Å². The molecule has 0 N–H and O–H groups in total. The number of alkyl halides is 1. The Morgan fingerprint density at radius 1 is 1.24 bits per heavy atom. The number of thiazole rings is 1. The van der Waals surface area contributed by atoms with Crippen LogP contribution in [0.1, 0.15) is 44.2 Å². The van der Waals surface area contributed by atoms with Gasteiger partial charge in [-0.05, 0) is 62.5 Å². The van der Waals surface area contributed by atoms with E-state index in [1.54, 1.807) is 4.40 Å². The van der Waals surface area contributed by atoms with Gasteiger partial charge in [-0.3, -0.25) is 14.0 Å². The summed E-state index contributed by atoms with van der Waals surface area (Å²) >= 11 is 8.31. The molecule has 2 aromatic heterocycles. The number of ether oxygens (including phenoxy) is 1. The molecular formula is C22H21ClN2O3S. The molecule has 7 heteroatoms. The van der Waals surface area contributed by atoms with E-state index in [-0.39, 0.29) is 23.0 Å². The van der Waals surface area contributed by atoms with Crippen molar-refractivity contribution in [1.82, 2.24) is 9.38 Å². The molecule has 0 unspecified atom stereocenters. The van der Waals surface area contributed by atoms with Gasteiger partial charge in [0.2, 0.25) is 0 Å². The van der Waals surface area contributed by atoms with Gasteiger partial charge in [0.25, 0.3) is 5.56 Å². The average Bonchev–Trinajstić information content (AvgIpc) is 3.03. The summed E-state index contributed by atoms with van der Waals surface area (Å²) in [4.78, 5) is 30.7. The fraction of sp³-hybridized carbons (Fsp3) is 0.500. The zero-order valence-corrected chi connectivity index (χ0v) is 17.5. The van der Waals surface area contributed by atoms with Crippen LogP contribution in [0, 0.1) is 17.3 Å². The Morgan fingerprint density at radius 3 is 2.76 bits per heavy atom. The number of esters is 1. The second-order valence-corrected chi connectivity index (χ2v) is 11.1. The van der Waals surface area contributed by atoms with Crippen molar-refractivity contribution < 1.29 is 9.53 Å². The molecule has 150 valence electrons. The SMILES string of the molecule is O=C(OCc1cc(=O)n2c(n1)sc1ccccc12)C12C[C@H]3C[C@@H](CC(Cl)(C3)C1)C2. The van der Waals surface area contributed by atoms with Gasteiger partial charge in [-0.15, -0.1) is 11.6 Å². The van der Waals surface area contributed by atoms with E-state index in [1.807, 2.05) is 24.3 Å². The maximum absolute atomic E-state index is 13.1. The lowest BCUT2D eigenvalue weighted by atomic mass is 9.49. The van der Waals surface area contributed by atoms with E-state index < -0.39 is 5.41 Å². The summed E-state index contributed by atoms with van der Waals surface area (Å²) in [5, 5.41) is 0. The van der Waals surface area contributed by atoms with Crippen molar-refractivity contribution in [3.63, 3.8) is 0 Å². The number of para-hydroxylation sites is 1. The Hall–Kier alpha value is -1.92. The van der Waals surface area contributed by atoms with E-state index in [1.165, 1.54) is 23.8 Å². The van der Waals surface area contributed by atoms with Crippen LogP contribution in [0.25, 0.3) is 15.2 Å². The van der Waals surface area contributed by atoms with Crippen molar-refractivity contribution in [3.8, 4) is 0 Å². The van der Waals surface area contributed by atoms with Crippen LogP contribution in [-0.4, -0.2) is 20.2 Å². The molecule has 2 atom stereocenters. The van der Waals surface area contributed by atoms with Crippen LogP contribution in [0.2, 0.25) is 0 Å². The van der Waals surface area contributed by atoms with Crippen LogP contribution in [0.3, 0.4) is 0 Å². The average molecular weight is 429 g/mol. The fourth-order valence-corrected chi connectivity index (χ4v) is 8.12. The van der Waals surface area contributed by atoms with E-state index in [9.17, 15) is 9.59 Å². The first-order valence-electron chi connectivity index (χ1n) is 10.2. The molecule has 5 nitrogen and oxygen atoms in total. The molecule has 4 aliphatic carbocycles. The molecule has 3 aromatic rings. The molecule has 2 heterocycles. The number of aromatic nitrogens is 2. The van der Waals surface area contributed by atoms with E-state index in [0.717, 1.165) is 42.3 Å². The highest BCUT2D eigenvalue weighted by atomic mass is 35.5. The van der Waals surface area contributed by atoms with Gasteiger partial charge in [-0.2, -0.15) is 0 Å². The number of rotatable bonds is 3. The zero-order chi connectivity index (χ0) is 19.8. The van der Waals surface area contributed by atoms with E-state index >= 15 is 0 Å². The van der Waals surface area contributed by atoms with Gasteiger partial charge >= 0.3 is 5.97 Å². The molecule has 4 bridgehead atoms. The topological polar surface area (TPSA) is 60.7 Å². The molecule has 0 spiro atoms. The summed E-state index contributed by atoms with van der Waals surface area (Å²) in [6.07, 6.45) is 5.76. The molecule has 0 radical (unpaired) electrons. The van der Waals surface area contributed by atoms with Crippen molar-refractivity contribution in [2.45, 2.75) is 50.0 Å². The quantitative estimate of drug-likeness (QED) is 0.454. The molecular weight excluding hydrogens is 408 g/mol. The minimum atomic E-state index is -0.442. The first-order chi connectivity index (χ1) is 13.9. The number of halogens is 1. The molecule has 7 rings (SSSR count). The molecule has 1 aromatic carbocycles. The van der Waals surface area contributed by atoms with Crippen molar-refractivity contribution in [2.75, 3.05) is 0 Å². The van der Waals surface area contributed by atoms with E-state index in [4.69, 9.17) is 16.3 Å². The number of hydrogen-bond donors (Lipinski definition) is 0. The van der Waals surface area contributed by atoms with Crippen LogP contribution >= 0.6 is 22.9 Å². The summed E-state index contributed by atoms with van der Waals surface area (Å²) in [7, 11) is 0. The van der Waals surface area contributed by atoms with Crippen LogP contribution in [0.5, 0.6) is 0 Å². The minimum absolute atomic E-state index is 0.0329. The lowest BCUT2D eigenvalue weighted by Gasteiger charge is -2.58. The van der Waals surface area contributed by atoms with Gasteiger partial charge in [0.15, 0.2) is 4.96 Å². The largest absolute Gasteiger partial charge is 0.459 e. The lowest BCUT2D eigenvalue weighted by Crippen LogP contribution is -2.56. The second-order valence-electron chi connectivity index (χ2n) is 9.24. The van der Waals surface area contributed by atoms with Crippen LogP contribution in [-0.2, 0) is 16.1 Å². The maximum atomic E-state index is 13.1. The summed E-state index contributed by atoms with van der Waals surface area (Å²) in [6.45, 7) is 0.0329. The summed E-state index contributed by atoms with van der Waals surface area (Å²) in [6, 6.07) is 9.22. The Balaban J connectivity index is 1.27. The molecule has 0 aliphatic heterocycles. The molecule has 4 aliphatic rings. The van der Waals surface area contributed by atoms with E-state index in [0.29, 0.717) is 22.5 Å². The number of nitrogens with zero attached hydrogens (tertiary/aromatic N) is 2. The number of carbonyl (C=O) groups excluding carboxylic acids is 1. The zero-order valence-electron chi connectivity index (χ0n) is 15.9. The van der Waals surface area contributed by atoms with Gasteiger partial charge in [-0.1, -0.05) is 23.5 Å². The van der Waals surface area contributed by atoms with Gasteiger partial charge < -0.3 is 4.74 Å². The first-order valence-corrected chi connectivity index (χ1v) is 11.4. The molecule has 4 saturated carbocycles. The number of carbonyl (C=O) groups is 1. The highest BCUT2D eigenvalue weighted by molar-refractivity contribution is 7.23. The third kappa shape index (κ3) is 2.76. The number of benzene rings is 1. The lowest BCUT2D eigenvalue weighted by molar-refractivity contribution is -0.171. The summed E-state index contributed by atoms with van der Waals surface area (Å²) < 4.78 is 8.35. The molecule has 0 amide bonds. The predicted octanol–water partition coefficient (Wildman–Crippen LogP) is 4.53. The van der Waals surface area contributed by atoms with Gasteiger partial charge in [0.1, 0.15) is 6.61 Å². The van der Waals surface area contributed by atoms with Gasteiger partial charge in [0.05, 0.1) is 21.3 Å². The first kappa shape index (κ1) is 17.9. The number of fused-ring (bicyclic) bond motifs is 3. The minimum Gasteiger partial charge on any atom is -0.459 e. The maximum Gasteiger partial charge on any atom is 0.312 e. The summed E-state index contributed by atoms with van der Waals surface area (Å²) in [5.41, 5.74) is 0.769. The van der Waals surface area contributed by atoms with Crippen LogP contribution in [0.15, 0.2) is 35.1 Å². The Bertz CT molecular complexity index is 1200. The third-order valence-corrected chi connectivity index (χ3v) is 8.49. The molecule has 29 heavy (non-hydrogen) atoms. The monoisotopic (exact) mass is 428 g/mol. The highest BCUT2D eigenvalue weighted by Gasteiger charge is 2.60. The van der Waals surface area contributed by atoms with Crippen molar-refractivity contribution in [1.29, 1.82) is 0 Å².